The molecule has 0 saturated heterocycles. The van der Waals surface area contributed by atoms with Crippen molar-refractivity contribution in [2.75, 3.05) is 21.0 Å². The van der Waals surface area contributed by atoms with Crippen LogP contribution in [0.15, 0.2) is 54.3 Å². The molecule has 7 heteroatoms. The third kappa shape index (κ3) is 3.88. The van der Waals surface area contributed by atoms with Crippen molar-refractivity contribution in [2.24, 2.45) is 0 Å². The van der Waals surface area contributed by atoms with Crippen LogP contribution in [0.2, 0.25) is 0 Å². The number of allylic oxidation sites excluding steroid dienone is 1. The molecule has 0 aromatic heterocycles. The lowest BCUT2D eigenvalue weighted by Crippen LogP contribution is -2.31. The number of ether oxygens (including phenoxy) is 4. The summed E-state index contributed by atoms with van der Waals surface area (Å²) in [5.74, 6) is 2.09. The molecule has 0 bridgehead atoms. The Morgan fingerprint density at radius 2 is 1.91 bits per heavy atom. The first kappa shape index (κ1) is 22.0. The van der Waals surface area contributed by atoms with Crippen molar-refractivity contribution in [1.29, 1.82) is 0 Å². The number of hydrogen-bond donors (Lipinski definition) is 0. The van der Waals surface area contributed by atoms with Crippen LogP contribution in [-0.2, 0) is 13.1 Å². The van der Waals surface area contributed by atoms with Gasteiger partial charge in [-0.2, -0.15) is 0 Å². The van der Waals surface area contributed by atoms with Gasteiger partial charge in [0.15, 0.2) is 17.3 Å². The number of carbonyl (C=O) groups excluding carboxylic acids is 1. The van der Waals surface area contributed by atoms with Gasteiger partial charge in [0, 0.05) is 18.7 Å². The number of benzene rings is 3. The molecule has 0 radical (unpaired) electrons. The van der Waals surface area contributed by atoms with Crippen LogP contribution >= 0.6 is 0 Å². The van der Waals surface area contributed by atoms with Crippen molar-refractivity contribution in [2.45, 2.75) is 20.0 Å². The minimum absolute atomic E-state index is 0.184. The fourth-order valence-corrected chi connectivity index (χ4v) is 4.39. The van der Waals surface area contributed by atoms with Gasteiger partial charge in [0.2, 0.25) is 5.78 Å². The average molecular weight is 461 g/mol. The third-order valence-corrected chi connectivity index (χ3v) is 6.03. The van der Waals surface area contributed by atoms with E-state index in [2.05, 4.69) is 4.90 Å². The molecule has 0 unspecified atom stereocenters. The zero-order valence-corrected chi connectivity index (χ0v) is 19.2. The Balaban J connectivity index is 1.47. The second-order valence-electron chi connectivity index (χ2n) is 8.28. The SMILES string of the molecule is COc1cccc(/C=C2\Oc3c4c(cc(C)c3C2=O)OCN(Cc2ccc(F)cc2)C4)c1OC. The van der Waals surface area contributed by atoms with Crippen LogP contribution in [0.25, 0.3) is 6.08 Å². The number of carbonyl (C=O) groups is 1. The highest BCUT2D eigenvalue weighted by Gasteiger charge is 2.35. The molecule has 34 heavy (non-hydrogen) atoms. The summed E-state index contributed by atoms with van der Waals surface area (Å²) >= 11 is 0. The molecule has 2 aliphatic rings. The van der Waals surface area contributed by atoms with E-state index in [4.69, 9.17) is 18.9 Å². The van der Waals surface area contributed by atoms with Gasteiger partial charge in [-0.3, -0.25) is 9.69 Å². The molecule has 5 rings (SSSR count). The van der Waals surface area contributed by atoms with Gasteiger partial charge in [0.1, 0.15) is 24.0 Å². The van der Waals surface area contributed by atoms with Crippen LogP contribution < -0.4 is 18.9 Å². The van der Waals surface area contributed by atoms with E-state index in [0.29, 0.717) is 53.9 Å². The second kappa shape index (κ2) is 8.83. The van der Waals surface area contributed by atoms with Gasteiger partial charge < -0.3 is 18.9 Å². The predicted molar refractivity (Wildman–Crippen MR) is 125 cm³/mol. The maximum absolute atomic E-state index is 13.3. The molecule has 0 atom stereocenters. The Bertz CT molecular complexity index is 1300. The molecule has 0 fully saturated rings. The molecule has 6 nitrogen and oxygen atoms in total. The van der Waals surface area contributed by atoms with E-state index in [1.807, 2.05) is 25.1 Å². The Labute approximate surface area is 197 Å². The Morgan fingerprint density at radius 1 is 1.12 bits per heavy atom. The highest BCUT2D eigenvalue weighted by atomic mass is 19.1. The highest BCUT2D eigenvalue weighted by molar-refractivity contribution is 6.16. The van der Waals surface area contributed by atoms with Crippen LogP contribution in [-0.4, -0.2) is 31.6 Å². The van der Waals surface area contributed by atoms with Crippen molar-refractivity contribution in [1.82, 2.24) is 4.90 Å². The van der Waals surface area contributed by atoms with E-state index in [-0.39, 0.29) is 17.4 Å². The lowest BCUT2D eigenvalue weighted by atomic mass is 9.98. The molecule has 2 aliphatic heterocycles. The van der Waals surface area contributed by atoms with Gasteiger partial charge in [-0.25, -0.2) is 4.39 Å². The number of para-hydroxylation sites is 1. The summed E-state index contributed by atoms with van der Waals surface area (Å²) in [6.45, 7) is 3.39. The summed E-state index contributed by atoms with van der Waals surface area (Å²) in [5, 5.41) is 0. The van der Waals surface area contributed by atoms with Gasteiger partial charge in [-0.15, -0.1) is 0 Å². The van der Waals surface area contributed by atoms with Crippen molar-refractivity contribution in [3.05, 3.63) is 87.9 Å². The van der Waals surface area contributed by atoms with E-state index in [9.17, 15) is 9.18 Å². The first-order chi connectivity index (χ1) is 16.5. The molecular weight excluding hydrogens is 437 g/mol. The Kier molecular flexibility index (Phi) is 5.71. The summed E-state index contributed by atoms with van der Waals surface area (Å²) in [6.07, 6.45) is 1.68. The Morgan fingerprint density at radius 3 is 2.65 bits per heavy atom. The fraction of sp³-hybridized carbons (Fsp3) is 0.222. The van der Waals surface area contributed by atoms with Gasteiger partial charge >= 0.3 is 0 Å². The number of halogens is 1. The fourth-order valence-electron chi connectivity index (χ4n) is 4.39. The highest BCUT2D eigenvalue weighted by Crippen LogP contribution is 2.44. The van der Waals surface area contributed by atoms with Crippen molar-refractivity contribution < 1.29 is 28.1 Å². The van der Waals surface area contributed by atoms with Gasteiger partial charge in [0.05, 0.1) is 25.3 Å². The molecule has 174 valence electrons. The van der Waals surface area contributed by atoms with Crippen molar-refractivity contribution in [3.63, 3.8) is 0 Å². The molecule has 0 aliphatic carbocycles. The van der Waals surface area contributed by atoms with Crippen molar-refractivity contribution in [3.8, 4) is 23.0 Å². The molecule has 0 saturated carbocycles. The largest absolute Gasteiger partial charge is 0.493 e. The minimum atomic E-state index is -0.267. The van der Waals surface area contributed by atoms with Crippen LogP contribution in [0.3, 0.4) is 0 Å². The first-order valence-electron chi connectivity index (χ1n) is 10.9. The molecule has 0 N–H and O–H groups in total. The topological polar surface area (TPSA) is 57.2 Å². The number of aryl methyl sites for hydroxylation is 1. The zero-order chi connectivity index (χ0) is 23.8. The van der Waals surface area contributed by atoms with Gasteiger partial charge in [-0.05, 0) is 48.4 Å². The first-order valence-corrected chi connectivity index (χ1v) is 10.9. The van der Waals surface area contributed by atoms with Crippen LogP contribution in [0.4, 0.5) is 4.39 Å². The molecule has 3 aromatic rings. The van der Waals surface area contributed by atoms with Gasteiger partial charge in [-0.1, -0.05) is 24.3 Å². The number of methoxy groups -OCH3 is 2. The average Bonchev–Trinajstić information content (AvgIpc) is 3.17. The summed E-state index contributed by atoms with van der Waals surface area (Å²) in [7, 11) is 3.12. The summed E-state index contributed by atoms with van der Waals surface area (Å²) in [6, 6.07) is 13.7. The van der Waals surface area contributed by atoms with E-state index in [0.717, 1.165) is 16.7 Å². The molecule has 3 aromatic carbocycles. The number of nitrogens with zero attached hydrogens (tertiary/aromatic N) is 1. The van der Waals surface area contributed by atoms with E-state index < -0.39 is 0 Å². The van der Waals surface area contributed by atoms with E-state index in [1.165, 1.54) is 12.1 Å². The van der Waals surface area contributed by atoms with Crippen molar-refractivity contribution >= 4 is 11.9 Å². The van der Waals surface area contributed by atoms with E-state index in [1.54, 1.807) is 38.5 Å². The molecule has 0 amide bonds. The number of hydrogen-bond acceptors (Lipinski definition) is 6. The van der Waals surface area contributed by atoms with Crippen LogP contribution in [0, 0.1) is 12.7 Å². The molecule has 2 heterocycles. The summed E-state index contributed by atoms with van der Waals surface area (Å²) in [5.41, 5.74) is 3.81. The maximum Gasteiger partial charge on any atom is 0.232 e. The summed E-state index contributed by atoms with van der Waals surface area (Å²) < 4.78 is 36.3. The molecular formula is C27H24FNO5. The summed E-state index contributed by atoms with van der Waals surface area (Å²) in [4.78, 5) is 15.4. The third-order valence-electron chi connectivity index (χ3n) is 6.03. The maximum atomic E-state index is 13.3. The number of Topliss-reactive ketones (excluding diaryl/α,β-unsaturated/α-hetero) is 1. The number of ketones is 1. The monoisotopic (exact) mass is 461 g/mol. The molecule has 0 spiro atoms. The standard InChI is InChI=1S/C27H24FNO5/c1-16-11-22-20(14-29(15-33-22)13-17-7-9-19(28)10-8-17)27-24(16)25(30)23(34-27)12-18-5-4-6-21(31-2)26(18)32-3/h4-12H,13-15H2,1-3H3/b23-12-. The zero-order valence-electron chi connectivity index (χ0n) is 19.2. The van der Waals surface area contributed by atoms with Crippen LogP contribution in [0.1, 0.15) is 32.6 Å². The normalized spacial score (nSPS) is 16.0. The second-order valence-corrected chi connectivity index (χ2v) is 8.28. The lowest BCUT2D eigenvalue weighted by Gasteiger charge is -2.30. The van der Waals surface area contributed by atoms with Crippen LogP contribution in [0.5, 0.6) is 23.0 Å². The van der Waals surface area contributed by atoms with Gasteiger partial charge in [0.25, 0.3) is 0 Å². The predicted octanol–water partition coefficient (Wildman–Crippen LogP) is 5.12. The number of rotatable bonds is 5. The number of fused-ring (bicyclic) bond motifs is 3. The lowest BCUT2D eigenvalue weighted by molar-refractivity contribution is 0.0872. The quantitative estimate of drug-likeness (QED) is 0.492. The smallest absolute Gasteiger partial charge is 0.232 e. The minimum Gasteiger partial charge on any atom is -0.493 e. The van der Waals surface area contributed by atoms with E-state index >= 15 is 0 Å². The Hall–Kier alpha value is -3.84.